The number of anilines is 1. The van der Waals surface area contributed by atoms with E-state index in [1.165, 1.54) is 6.26 Å². The van der Waals surface area contributed by atoms with Gasteiger partial charge in [-0.25, -0.2) is 4.79 Å². The minimum atomic E-state index is -1.18. The molecule has 16 heavy (non-hydrogen) atoms. The lowest BCUT2D eigenvalue weighted by atomic mass is 10.6. The summed E-state index contributed by atoms with van der Waals surface area (Å²) in [4.78, 5) is 14.2. The first-order valence-electron chi connectivity index (χ1n) is 4.26. The third kappa shape index (κ3) is 2.60. The van der Waals surface area contributed by atoms with Crippen molar-refractivity contribution in [2.24, 2.45) is 0 Å². The Hall–Kier alpha value is -1.83. The summed E-state index contributed by atoms with van der Waals surface area (Å²) in [7, 11) is 0. The number of oxazole rings is 1. The maximum Gasteiger partial charge on any atom is 0.410 e. The van der Waals surface area contributed by atoms with Crippen molar-refractivity contribution in [2.75, 3.05) is 5.32 Å². The second-order valence-electron chi connectivity index (χ2n) is 2.91. The fraction of sp³-hybridized carbons (Fsp3) is 0.125. The van der Waals surface area contributed by atoms with Gasteiger partial charge in [-0.05, 0) is 15.9 Å². The van der Waals surface area contributed by atoms with Crippen molar-refractivity contribution in [3.05, 3.63) is 29.0 Å². The van der Waals surface area contributed by atoms with Crippen LogP contribution in [0.5, 0.6) is 0 Å². The van der Waals surface area contributed by atoms with Crippen LogP contribution in [0.15, 0.2) is 27.5 Å². The van der Waals surface area contributed by atoms with Gasteiger partial charge in [0.15, 0.2) is 5.82 Å². The number of hydrogen-bond donors (Lipinski definition) is 2. The normalized spacial score (nSPS) is 10.3. The van der Waals surface area contributed by atoms with Crippen molar-refractivity contribution >= 4 is 27.8 Å². The smallest absolute Gasteiger partial charge is 0.410 e. The lowest BCUT2D eigenvalue weighted by Crippen LogP contribution is -2.07. The monoisotopic (exact) mass is 286 g/mol. The Labute approximate surface area is 98.2 Å². The van der Waals surface area contributed by atoms with Gasteiger partial charge in [-0.1, -0.05) is 0 Å². The lowest BCUT2D eigenvalue weighted by Gasteiger charge is -1.94. The van der Waals surface area contributed by atoms with Crippen molar-refractivity contribution in [2.45, 2.75) is 6.54 Å². The van der Waals surface area contributed by atoms with E-state index in [9.17, 15) is 4.79 Å². The van der Waals surface area contributed by atoms with E-state index >= 15 is 0 Å². The van der Waals surface area contributed by atoms with Crippen LogP contribution in [0.2, 0.25) is 0 Å². The molecule has 0 aliphatic carbocycles. The molecule has 0 radical (unpaired) electrons. The Morgan fingerprint density at radius 1 is 1.69 bits per heavy atom. The number of amides is 1. The molecule has 0 aromatic carbocycles. The maximum absolute atomic E-state index is 10.3. The summed E-state index contributed by atoms with van der Waals surface area (Å²) in [6.07, 6.45) is 3.46. The van der Waals surface area contributed by atoms with Crippen LogP contribution in [0.1, 0.15) is 5.89 Å². The summed E-state index contributed by atoms with van der Waals surface area (Å²) < 4.78 is 7.53. The quantitative estimate of drug-likeness (QED) is 0.897. The first-order valence-corrected chi connectivity index (χ1v) is 5.05. The van der Waals surface area contributed by atoms with E-state index in [0.717, 1.165) is 4.47 Å². The van der Waals surface area contributed by atoms with Crippen LogP contribution in [0.25, 0.3) is 0 Å². The van der Waals surface area contributed by atoms with E-state index in [-0.39, 0.29) is 5.82 Å². The molecule has 2 aromatic heterocycles. The van der Waals surface area contributed by atoms with Gasteiger partial charge >= 0.3 is 6.09 Å². The summed E-state index contributed by atoms with van der Waals surface area (Å²) in [5.74, 6) is 0.535. The molecule has 0 fully saturated rings. The number of aromatic nitrogens is 3. The highest BCUT2D eigenvalue weighted by molar-refractivity contribution is 9.10. The molecule has 2 rings (SSSR count). The highest BCUT2D eigenvalue weighted by Crippen LogP contribution is 2.11. The van der Waals surface area contributed by atoms with E-state index < -0.39 is 6.09 Å². The minimum absolute atomic E-state index is 0.161. The van der Waals surface area contributed by atoms with Gasteiger partial charge in [-0.15, -0.1) is 0 Å². The Bertz CT molecular complexity index is 507. The largest absolute Gasteiger partial charge is 0.465 e. The number of halogens is 1. The topological polar surface area (TPSA) is 93.2 Å². The predicted molar refractivity (Wildman–Crippen MR) is 57.2 cm³/mol. The molecule has 0 atom stereocenters. The first kappa shape index (κ1) is 10.7. The van der Waals surface area contributed by atoms with Gasteiger partial charge in [0.25, 0.3) is 0 Å². The Kier molecular flexibility index (Phi) is 2.91. The fourth-order valence-corrected chi connectivity index (χ4v) is 1.44. The van der Waals surface area contributed by atoms with Crippen molar-refractivity contribution in [1.29, 1.82) is 0 Å². The zero-order chi connectivity index (χ0) is 11.5. The Balaban J connectivity index is 2.05. The predicted octanol–water partition coefficient (Wildman–Crippen LogP) is 1.77. The SMILES string of the molecule is O=C(O)Nc1coc(Cn2cc(Br)cn2)n1. The van der Waals surface area contributed by atoms with E-state index in [2.05, 4.69) is 31.3 Å². The molecule has 0 aliphatic heterocycles. The molecule has 84 valence electrons. The maximum atomic E-state index is 10.3. The van der Waals surface area contributed by atoms with E-state index in [1.807, 2.05) is 0 Å². The third-order valence-electron chi connectivity index (χ3n) is 1.69. The van der Waals surface area contributed by atoms with E-state index in [4.69, 9.17) is 9.52 Å². The summed E-state index contributed by atoms with van der Waals surface area (Å²) in [6, 6.07) is 0. The van der Waals surface area contributed by atoms with Crippen LogP contribution in [0.3, 0.4) is 0 Å². The summed E-state index contributed by atoms with van der Waals surface area (Å²) >= 11 is 3.26. The minimum Gasteiger partial charge on any atom is -0.465 e. The van der Waals surface area contributed by atoms with Crippen molar-refractivity contribution in [3.8, 4) is 0 Å². The average molecular weight is 287 g/mol. The van der Waals surface area contributed by atoms with Crippen molar-refractivity contribution < 1.29 is 14.3 Å². The fourth-order valence-electron chi connectivity index (χ4n) is 1.11. The third-order valence-corrected chi connectivity index (χ3v) is 2.10. The molecule has 0 spiro atoms. The number of hydrogen-bond acceptors (Lipinski definition) is 4. The van der Waals surface area contributed by atoms with Crippen molar-refractivity contribution in [1.82, 2.24) is 14.8 Å². The molecule has 0 aliphatic rings. The van der Waals surface area contributed by atoms with E-state index in [0.29, 0.717) is 12.4 Å². The molecule has 2 heterocycles. The second kappa shape index (κ2) is 4.35. The lowest BCUT2D eigenvalue weighted by molar-refractivity contribution is 0.209. The molecule has 0 unspecified atom stereocenters. The Morgan fingerprint density at radius 2 is 2.50 bits per heavy atom. The van der Waals surface area contributed by atoms with Gasteiger partial charge in [0, 0.05) is 6.20 Å². The number of rotatable bonds is 3. The number of carboxylic acid groups (broad SMARTS) is 1. The highest BCUT2D eigenvalue weighted by atomic mass is 79.9. The number of nitrogens with one attached hydrogen (secondary N) is 1. The van der Waals surface area contributed by atoms with Gasteiger partial charge in [0.05, 0.1) is 10.7 Å². The van der Waals surface area contributed by atoms with Crippen LogP contribution in [0, 0.1) is 0 Å². The van der Waals surface area contributed by atoms with Gasteiger partial charge in [0.1, 0.15) is 12.8 Å². The van der Waals surface area contributed by atoms with Gasteiger partial charge in [-0.2, -0.15) is 10.1 Å². The Morgan fingerprint density at radius 3 is 3.12 bits per heavy atom. The molecule has 1 amide bonds. The first-order chi connectivity index (χ1) is 7.63. The summed E-state index contributed by atoms with van der Waals surface area (Å²) in [6.45, 7) is 0.340. The molecule has 2 aromatic rings. The molecule has 0 saturated carbocycles. The molecular formula is C8H7BrN4O3. The van der Waals surface area contributed by atoms with Gasteiger partial charge in [0.2, 0.25) is 5.89 Å². The molecule has 2 N–H and O–H groups in total. The molecule has 7 nitrogen and oxygen atoms in total. The second-order valence-corrected chi connectivity index (χ2v) is 3.83. The molecule has 0 saturated heterocycles. The standard InChI is InChI=1S/C8H7BrN4O3/c9-5-1-10-13(2-5)3-7-11-6(4-16-7)12-8(14)15/h1-2,4,12H,3H2,(H,14,15). The number of carbonyl (C=O) groups is 1. The van der Waals surface area contributed by atoms with E-state index in [1.54, 1.807) is 17.1 Å². The average Bonchev–Trinajstić information content (AvgIpc) is 2.76. The summed E-state index contributed by atoms with van der Waals surface area (Å²) in [5.41, 5.74) is 0. The highest BCUT2D eigenvalue weighted by Gasteiger charge is 2.07. The van der Waals surface area contributed by atoms with Crippen LogP contribution in [-0.4, -0.2) is 26.0 Å². The van der Waals surface area contributed by atoms with Gasteiger partial charge < -0.3 is 9.52 Å². The zero-order valence-electron chi connectivity index (χ0n) is 7.92. The van der Waals surface area contributed by atoms with Crippen LogP contribution < -0.4 is 5.32 Å². The van der Waals surface area contributed by atoms with Crippen LogP contribution in [0.4, 0.5) is 10.6 Å². The van der Waals surface area contributed by atoms with Gasteiger partial charge in [-0.3, -0.25) is 10.00 Å². The van der Waals surface area contributed by atoms with Crippen LogP contribution in [-0.2, 0) is 6.54 Å². The number of nitrogens with zero attached hydrogens (tertiary/aromatic N) is 3. The van der Waals surface area contributed by atoms with Crippen molar-refractivity contribution in [3.63, 3.8) is 0 Å². The summed E-state index contributed by atoms with van der Waals surface area (Å²) in [5, 5.41) is 14.6. The molecular weight excluding hydrogens is 280 g/mol. The van der Waals surface area contributed by atoms with Crippen LogP contribution >= 0.6 is 15.9 Å². The zero-order valence-corrected chi connectivity index (χ0v) is 9.51. The molecule has 8 heteroatoms. The molecule has 0 bridgehead atoms.